The van der Waals surface area contributed by atoms with Crippen molar-refractivity contribution in [3.63, 3.8) is 0 Å². The Balaban J connectivity index is 2.11. The summed E-state index contributed by atoms with van der Waals surface area (Å²) in [7, 11) is 0. The van der Waals surface area contributed by atoms with Crippen LogP contribution < -0.4 is 5.32 Å². The maximum Gasteiger partial charge on any atom is 0.271 e. The quantitative estimate of drug-likeness (QED) is 0.932. The van der Waals surface area contributed by atoms with E-state index in [1.54, 1.807) is 0 Å². The van der Waals surface area contributed by atoms with Crippen LogP contribution in [0.5, 0.6) is 0 Å². The molecule has 2 rings (SSSR count). The first-order valence-electron chi connectivity index (χ1n) is 5.61. The van der Waals surface area contributed by atoms with E-state index in [-0.39, 0.29) is 22.8 Å². The lowest BCUT2D eigenvalue weighted by molar-refractivity contribution is 0.0934. The van der Waals surface area contributed by atoms with Crippen molar-refractivity contribution in [3.05, 3.63) is 57.5 Å². The molecule has 0 spiro atoms. The summed E-state index contributed by atoms with van der Waals surface area (Å²) >= 11 is 9.08. The molecule has 6 heteroatoms. The van der Waals surface area contributed by atoms with Gasteiger partial charge in [-0.3, -0.25) is 4.79 Å². The van der Waals surface area contributed by atoms with E-state index in [0.717, 1.165) is 10.0 Å². The number of carbonyl (C=O) groups excluding carboxylic acids is 1. The zero-order valence-corrected chi connectivity index (χ0v) is 12.4. The summed E-state index contributed by atoms with van der Waals surface area (Å²) in [5.41, 5.74) is 1.24. The third-order valence-corrected chi connectivity index (χ3v) is 3.49. The molecular weight excluding hydrogens is 330 g/mol. The van der Waals surface area contributed by atoms with Gasteiger partial charge in [-0.05, 0) is 18.6 Å². The topological polar surface area (TPSA) is 54.9 Å². The molecule has 1 unspecified atom stereocenters. The Hall–Kier alpha value is -1.46. The fourth-order valence-corrected chi connectivity index (χ4v) is 2.33. The summed E-state index contributed by atoms with van der Waals surface area (Å²) < 4.78 is 0.949. The molecular formula is C13H11BrClN3O. The Kier molecular flexibility index (Phi) is 4.50. The lowest BCUT2D eigenvalue weighted by Gasteiger charge is -2.15. The Morgan fingerprint density at radius 3 is 2.68 bits per heavy atom. The van der Waals surface area contributed by atoms with Crippen LogP contribution in [0.3, 0.4) is 0 Å². The minimum Gasteiger partial charge on any atom is -0.344 e. The second kappa shape index (κ2) is 6.12. The van der Waals surface area contributed by atoms with Crippen molar-refractivity contribution in [1.82, 2.24) is 15.3 Å². The van der Waals surface area contributed by atoms with Crippen molar-refractivity contribution in [2.24, 2.45) is 0 Å². The molecule has 19 heavy (non-hydrogen) atoms. The third-order valence-electron chi connectivity index (χ3n) is 2.57. The lowest BCUT2D eigenvalue weighted by Crippen LogP contribution is -2.27. The fourth-order valence-electron chi connectivity index (χ4n) is 1.60. The Labute approximate surface area is 124 Å². The third kappa shape index (κ3) is 3.52. The highest BCUT2D eigenvalue weighted by Gasteiger charge is 2.14. The van der Waals surface area contributed by atoms with E-state index < -0.39 is 0 Å². The molecule has 0 fully saturated rings. The van der Waals surface area contributed by atoms with Crippen molar-refractivity contribution in [3.8, 4) is 0 Å². The first-order chi connectivity index (χ1) is 9.08. The van der Waals surface area contributed by atoms with Gasteiger partial charge in [0.2, 0.25) is 0 Å². The molecule has 1 aromatic carbocycles. The van der Waals surface area contributed by atoms with Gasteiger partial charge in [0.1, 0.15) is 10.8 Å². The molecule has 1 aromatic heterocycles. The molecule has 0 bridgehead atoms. The Morgan fingerprint density at radius 1 is 1.32 bits per heavy atom. The molecule has 0 aliphatic heterocycles. The number of nitrogens with zero attached hydrogens (tertiary/aromatic N) is 2. The number of hydrogen-bond donors (Lipinski definition) is 1. The maximum atomic E-state index is 12.0. The van der Waals surface area contributed by atoms with Gasteiger partial charge in [0.25, 0.3) is 5.91 Å². The van der Waals surface area contributed by atoms with E-state index in [9.17, 15) is 4.79 Å². The van der Waals surface area contributed by atoms with Crippen molar-refractivity contribution < 1.29 is 4.79 Å². The van der Waals surface area contributed by atoms with Crippen LogP contribution in [0.1, 0.15) is 29.0 Å². The summed E-state index contributed by atoms with van der Waals surface area (Å²) in [6, 6.07) is 7.58. The zero-order valence-electron chi connectivity index (χ0n) is 10.1. The summed E-state index contributed by atoms with van der Waals surface area (Å²) in [6.07, 6.45) is 2.70. The minimum atomic E-state index is -0.285. The van der Waals surface area contributed by atoms with E-state index in [4.69, 9.17) is 11.6 Å². The Bertz CT molecular complexity index is 589. The van der Waals surface area contributed by atoms with Crippen LogP contribution >= 0.6 is 27.5 Å². The van der Waals surface area contributed by atoms with Crippen LogP contribution in [-0.2, 0) is 0 Å². The maximum absolute atomic E-state index is 12.0. The molecule has 4 nitrogen and oxygen atoms in total. The number of aromatic nitrogens is 2. The summed E-state index contributed by atoms with van der Waals surface area (Å²) in [6.45, 7) is 1.90. The lowest BCUT2D eigenvalue weighted by atomic mass is 10.1. The van der Waals surface area contributed by atoms with E-state index in [1.165, 1.54) is 12.4 Å². The monoisotopic (exact) mass is 339 g/mol. The number of amides is 1. The van der Waals surface area contributed by atoms with Crippen LogP contribution in [0.2, 0.25) is 5.15 Å². The van der Waals surface area contributed by atoms with E-state index in [1.807, 2.05) is 31.2 Å². The van der Waals surface area contributed by atoms with Crippen LogP contribution in [0.25, 0.3) is 0 Å². The minimum absolute atomic E-state index is 0.138. The molecule has 0 aliphatic carbocycles. The van der Waals surface area contributed by atoms with Gasteiger partial charge in [-0.2, -0.15) is 0 Å². The first-order valence-corrected chi connectivity index (χ1v) is 6.78. The molecule has 0 radical (unpaired) electrons. The largest absolute Gasteiger partial charge is 0.344 e. The average molecular weight is 341 g/mol. The van der Waals surface area contributed by atoms with Crippen molar-refractivity contribution in [2.75, 3.05) is 0 Å². The number of halogens is 2. The predicted molar refractivity (Wildman–Crippen MR) is 77.1 cm³/mol. The number of benzene rings is 1. The molecule has 1 heterocycles. The number of carbonyl (C=O) groups is 1. The number of rotatable bonds is 3. The fraction of sp³-hybridized carbons (Fsp3) is 0.154. The SMILES string of the molecule is CC(NC(=O)c1cnc(Cl)cn1)c1ccccc1Br. The van der Waals surface area contributed by atoms with Crippen LogP contribution in [0.4, 0.5) is 0 Å². The van der Waals surface area contributed by atoms with Crippen LogP contribution in [-0.4, -0.2) is 15.9 Å². The molecule has 98 valence electrons. The molecule has 1 amide bonds. The predicted octanol–water partition coefficient (Wildman–Crippen LogP) is 3.38. The molecule has 0 saturated heterocycles. The average Bonchev–Trinajstić information content (AvgIpc) is 2.39. The van der Waals surface area contributed by atoms with Gasteiger partial charge >= 0.3 is 0 Å². The summed E-state index contributed by atoms with van der Waals surface area (Å²) in [5.74, 6) is -0.285. The molecule has 2 aromatic rings. The van der Waals surface area contributed by atoms with Crippen molar-refractivity contribution in [1.29, 1.82) is 0 Å². The standard InChI is InChI=1S/C13H11BrClN3O/c1-8(9-4-2-3-5-10(9)14)18-13(19)11-6-17-12(15)7-16-11/h2-8H,1H3,(H,18,19). The highest BCUT2D eigenvalue weighted by molar-refractivity contribution is 9.10. The summed E-state index contributed by atoms with van der Waals surface area (Å²) in [5, 5.41) is 3.12. The smallest absolute Gasteiger partial charge is 0.271 e. The van der Waals surface area contributed by atoms with Crippen LogP contribution in [0, 0.1) is 0 Å². The van der Waals surface area contributed by atoms with Crippen molar-refractivity contribution >= 4 is 33.4 Å². The van der Waals surface area contributed by atoms with Crippen LogP contribution in [0.15, 0.2) is 41.1 Å². The normalized spacial score (nSPS) is 11.9. The van der Waals surface area contributed by atoms with Gasteiger partial charge in [-0.1, -0.05) is 45.7 Å². The second-order valence-electron chi connectivity index (χ2n) is 3.94. The highest BCUT2D eigenvalue weighted by atomic mass is 79.9. The van der Waals surface area contributed by atoms with Crippen molar-refractivity contribution in [2.45, 2.75) is 13.0 Å². The molecule has 1 N–H and O–H groups in total. The van der Waals surface area contributed by atoms with E-state index >= 15 is 0 Å². The van der Waals surface area contributed by atoms with Gasteiger partial charge in [-0.15, -0.1) is 0 Å². The highest BCUT2D eigenvalue weighted by Crippen LogP contribution is 2.22. The van der Waals surface area contributed by atoms with E-state index in [2.05, 4.69) is 31.2 Å². The molecule has 0 aliphatic rings. The first kappa shape index (κ1) is 14.0. The van der Waals surface area contributed by atoms with E-state index in [0.29, 0.717) is 0 Å². The Morgan fingerprint density at radius 2 is 2.05 bits per heavy atom. The van der Waals surface area contributed by atoms with Gasteiger partial charge in [-0.25, -0.2) is 9.97 Å². The molecule has 1 atom stereocenters. The van der Waals surface area contributed by atoms with Gasteiger partial charge in [0.05, 0.1) is 18.4 Å². The van der Waals surface area contributed by atoms with Gasteiger partial charge in [0.15, 0.2) is 0 Å². The molecule has 0 saturated carbocycles. The number of nitrogens with one attached hydrogen (secondary N) is 1. The summed E-state index contributed by atoms with van der Waals surface area (Å²) in [4.78, 5) is 19.7. The van der Waals surface area contributed by atoms with Gasteiger partial charge in [0, 0.05) is 4.47 Å². The number of hydrogen-bond acceptors (Lipinski definition) is 3. The van der Waals surface area contributed by atoms with Gasteiger partial charge < -0.3 is 5.32 Å². The zero-order chi connectivity index (χ0) is 13.8. The second-order valence-corrected chi connectivity index (χ2v) is 5.18.